The van der Waals surface area contributed by atoms with E-state index in [2.05, 4.69) is 24.3 Å². The molecule has 0 fully saturated rings. The number of aromatic nitrogens is 2. The Kier molecular flexibility index (Phi) is 5.45. The summed E-state index contributed by atoms with van der Waals surface area (Å²) in [5.74, 6) is 0. The summed E-state index contributed by atoms with van der Waals surface area (Å²) in [5.41, 5.74) is 1.13. The highest BCUT2D eigenvalue weighted by Crippen LogP contribution is 2.10. The molecule has 0 saturated carbocycles. The highest BCUT2D eigenvalue weighted by Gasteiger charge is 2.09. The van der Waals surface area contributed by atoms with E-state index in [9.17, 15) is 5.11 Å². The largest absolute Gasteiger partial charge is 0.389 e. The van der Waals surface area contributed by atoms with Crippen molar-refractivity contribution < 1.29 is 9.84 Å². The predicted molar refractivity (Wildman–Crippen MR) is 62.2 cm³/mol. The van der Waals surface area contributed by atoms with Crippen molar-refractivity contribution in [1.29, 1.82) is 0 Å². The van der Waals surface area contributed by atoms with Crippen molar-refractivity contribution in [2.75, 3.05) is 20.3 Å². The normalized spacial score (nSPS) is 15.0. The molecule has 1 rings (SSSR count). The molecule has 0 aliphatic heterocycles. The molecule has 0 saturated heterocycles. The molecule has 2 atom stereocenters. The molecule has 0 radical (unpaired) electrons. The van der Waals surface area contributed by atoms with Crippen molar-refractivity contribution in [3.05, 3.63) is 18.0 Å². The van der Waals surface area contributed by atoms with Gasteiger partial charge in [-0.25, -0.2) is 0 Å². The summed E-state index contributed by atoms with van der Waals surface area (Å²) in [6.45, 7) is 5.85. The molecule has 0 spiro atoms. The minimum absolute atomic E-state index is 0.187. The molecule has 5 nitrogen and oxygen atoms in total. The molecule has 0 aliphatic rings. The van der Waals surface area contributed by atoms with Gasteiger partial charge < -0.3 is 15.2 Å². The predicted octanol–water partition coefficient (Wildman–Crippen LogP) is 0.561. The topological polar surface area (TPSA) is 59.3 Å². The van der Waals surface area contributed by atoms with Crippen LogP contribution in [-0.4, -0.2) is 41.3 Å². The highest BCUT2D eigenvalue weighted by molar-refractivity contribution is 5.09. The Hall–Kier alpha value is -0.910. The molecule has 16 heavy (non-hydrogen) atoms. The van der Waals surface area contributed by atoms with Crippen LogP contribution in [0.3, 0.4) is 0 Å². The van der Waals surface area contributed by atoms with Crippen LogP contribution in [0.15, 0.2) is 12.4 Å². The maximum Gasteiger partial charge on any atom is 0.0897 e. The van der Waals surface area contributed by atoms with Crippen LogP contribution in [-0.2, 0) is 11.3 Å². The Balaban J connectivity index is 2.37. The summed E-state index contributed by atoms with van der Waals surface area (Å²) in [7, 11) is 1.58. The van der Waals surface area contributed by atoms with E-state index in [0.29, 0.717) is 13.2 Å². The molecule has 1 aromatic rings. The fraction of sp³-hybridized carbons (Fsp3) is 0.727. The van der Waals surface area contributed by atoms with E-state index in [0.717, 1.165) is 12.1 Å². The number of methoxy groups -OCH3 is 1. The van der Waals surface area contributed by atoms with Crippen molar-refractivity contribution in [3.63, 3.8) is 0 Å². The van der Waals surface area contributed by atoms with Crippen molar-refractivity contribution >= 4 is 0 Å². The van der Waals surface area contributed by atoms with E-state index < -0.39 is 6.10 Å². The summed E-state index contributed by atoms with van der Waals surface area (Å²) in [5, 5.41) is 16.9. The molecule has 5 heteroatoms. The molecule has 1 heterocycles. The maximum absolute atomic E-state index is 9.49. The second kappa shape index (κ2) is 6.62. The molecular weight excluding hydrogens is 206 g/mol. The Morgan fingerprint density at radius 3 is 2.94 bits per heavy atom. The van der Waals surface area contributed by atoms with Crippen molar-refractivity contribution in [2.45, 2.75) is 32.5 Å². The number of rotatable bonds is 7. The highest BCUT2D eigenvalue weighted by atomic mass is 16.5. The van der Waals surface area contributed by atoms with Gasteiger partial charge in [-0.15, -0.1) is 0 Å². The SMILES string of the molecule is CCn1cc(C(C)NCC(O)COC)cn1. The zero-order valence-electron chi connectivity index (χ0n) is 10.2. The second-order valence-corrected chi connectivity index (χ2v) is 3.87. The van der Waals surface area contributed by atoms with E-state index >= 15 is 0 Å². The average Bonchev–Trinajstić information content (AvgIpc) is 2.75. The van der Waals surface area contributed by atoms with E-state index in [4.69, 9.17) is 4.74 Å². The van der Waals surface area contributed by atoms with Crippen LogP contribution in [0.5, 0.6) is 0 Å². The molecule has 1 aromatic heterocycles. The van der Waals surface area contributed by atoms with Gasteiger partial charge in [-0.2, -0.15) is 5.10 Å². The summed E-state index contributed by atoms with van der Waals surface area (Å²) in [6.07, 6.45) is 3.40. The van der Waals surface area contributed by atoms with Gasteiger partial charge in [0, 0.05) is 38.0 Å². The number of aryl methyl sites for hydroxylation is 1. The Morgan fingerprint density at radius 2 is 2.38 bits per heavy atom. The number of hydrogen-bond donors (Lipinski definition) is 2. The van der Waals surface area contributed by atoms with Gasteiger partial charge in [0.05, 0.1) is 18.9 Å². The van der Waals surface area contributed by atoms with E-state index in [1.54, 1.807) is 7.11 Å². The zero-order valence-corrected chi connectivity index (χ0v) is 10.2. The third-order valence-electron chi connectivity index (χ3n) is 2.50. The standard InChI is InChI=1S/C11H21N3O2/c1-4-14-7-10(5-13-14)9(2)12-6-11(15)8-16-3/h5,7,9,11-12,15H,4,6,8H2,1-3H3. The van der Waals surface area contributed by atoms with Gasteiger partial charge in [0.25, 0.3) is 0 Å². The van der Waals surface area contributed by atoms with Gasteiger partial charge >= 0.3 is 0 Å². The number of hydrogen-bond acceptors (Lipinski definition) is 4. The Morgan fingerprint density at radius 1 is 1.62 bits per heavy atom. The number of ether oxygens (including phenoxy) is 1. The van der Waals surface area contributed by atoms with E-state index in [1.807, 2.05) is 17.1 Å². The minimum atomic E-state index is -0.464. The number of nitrogens with zero attached hydrogens (tertiary/aromatic N) is 2. The third-order valence-corrected chi connectivity index (χ3v) is 2.50. The first-order valence-corrected chi connectivity index (χ1v) is 5.60. The Bertz CT molecular complexity index is 301. The van der Waals surface area contributed by atoms with Crippen LogP contribution < -0.4 is 5.32 Å². The van der Waals surface area contributed by atoms with Gasteiger partial charge in [0.15, 0.2) is 0 Å². The lowest BCUT2D eigenvalue weighted by Gasteiger charge is -2.15. The van der Waals surface area contributed by atoms with Gasteiger partial charge in [-0.3, -0.25) is 4.68 Å². The zero-order chi connectivity index (χ0) is 12.0. The van der Waals surface area contributed by atoms with Crippen LogP contribution in [0.1, 0.15) is 25.5 Å². The summed E-state index contributed by atoms with van der Waals surface area (Å²) in [6, 6.07) is 0.187. The summed E-state index contributed by atoms with van der Waals surface area (Å²) < 4.78 is 6.74. The van der Waals surface area contributed by atoms with Crippen LogP contribution in [0.2, 0.25) is 0 Å². The van der Waals surface area contributed by atoms with Crippen molar-refractivity contribution in [2.24, 2.45) is 0 Å². The average molecular weight is 227 g/mol. The first-order valence-electron chi connectivity index (χ1n) is 5.60. The van der Waals surface area contributed by atoms with Gasteiger partial charge in [0.2, 0.25) is 0 Å². The molecule has 0 amide bonds. The number of aliphatic hydroxyl groups excluding tert-OH is 1. The quantitative estimate of drug-likeness (QED) is 0.714. The van der Waals surface area contributed by atoms with E-state index in [1.165, 1.54) is 0 Å². The van der Waals surface area contributed by atoms with Gasteiger partial charge in [-0.05, 0) is 13.8 Å². The van der Waals surface area contributed by atoms with Crippen LogP contribution >= 0.6 is 0 Å². The molecule has 92 valence electrons. The maximum atomic E-state index is 9.49. The molecule has 2 N–H and O–H groups in total. The first-order chi connectivity index (χ1) is 7.67. The lowest BCUT2D eigenvalue weighted by molar-refractivity contribution is 0.0630. The third kappa shape index (κ3) is 3.92. The van der Waals surface area contributed by atoms with Crippen LogP contribution in [0, 0.1) is 0 Å². The van der Waals surface area contributed by atoms with Gasteiger partial charge in [-0.1, -0.05) is 0 Å². The summed E-state index contributed by atoms with van der Waals surface area (Å²) >= 11 is 0. The Labute approximate surface area is 96.4 Å². The lowest BCUT2D eigenvalue weighted by atomic mass is 10.2. The van der Waals surface area contributed by atoms with Crippen LogP contribution in [0.25, 0.3) is 0 Å². The smallest absolute Gasteiger partial charge is 0.0897 e. The van der Waals surface area contributed by atoms with Crippen molar-refractivity contribution in [3.8, 4) is 0 Å². The number of aliphatic hydroxyl groups is 1. The monoisotopic (exact) mass is 227 g/mol. The molecule has 0 aliphatic carbocycles. The van der Waals surface area contributed by atoms with Crippen molar-refractivity contribution in [1.82, 2.24) is 15.1 Å². The number of nitrogens with one attached hydrogen (secondary N) is 1. The minimum Gasteiger partial charge on any atom is -0.389 e. The molecule has 2 unspecified atom stereocenters. The molecule has 0 aromatic carbocycles. The molecular formula is C11H21N3O2. The lowest BCUT2D eigenvalue weighted by Crippen LogP contribution is -2.31. The fourth-order valence-electron chi connectivity index (χ4n) is 1.46. The van der Waals surface area contributed by atoms with E-state index in [-0.39, 0.29) is 6.04 Å². The second-order valence-electron chi connectivity index (χ2n) is 3.87. The molecule has 0 bridgehead atoms. The summed E-state index contributed by atoms with van der Waals surface area (Å²) in [4.78, 5) is 0. The van der Waals surface area contributed by atoms with Crippen LogP contribution in [0.4, 0.5) is 0 Å². The fourth-order valence-corrected chi connectivity index (χ4v) is 1.46. The first kappa shape index (κ1) is 13.2. The van der Waals surface area contributed by atoms with Gasteiger partial charge in [0.1, 0.15) is 0 Å².